The third kappa shape index (κ3) is 1.50. The molecule has 11 heavy (non-hydrogen) atoms. The van der Waals surface area contributed by atoms with Crippen molar-refractivity contribution < 1.29 is 0 Å². The molecule has 60 valence electrons. The quantitative estimate of drug-likeness (QED) is 0.564. The zero-order valence-corrected chi connectivity index (χ0v) is 9.19. The van der Waals surface area contributed by atoms with Crippen molar-refractivity contribution in [3.05, 3.63) is 26.3 Å². The van der Waals surface area contributed by atoms with E-state index in [4.69, 9.17) is 5.73 Å². The molecule has 2 heteroatoms. The van der Waals surface area contributed by atoms with Crippen molar-refractivity contribution >= 4 is 28.3 Å². The summed E-state index contributed by atoms with van der Waals surface area (Å²) in [6.45, 7) is 6.23. The van der Waals surface area contributed by atoms with E-state index in [2.05, 4.69) is 42.5 Å². The SMILES string of the molecule is Cc1cc(C)c(I)c(C)c1N. The minimum Gasteiger partial charge on any atom is -0.398 e. The van der Waals surface area contributed by atoms with Crippen LogP contribution in [0.4, 0.5) is 5.69 Å². The van der Waals surface area contributed by atoms with E-state index in [0.717, 1.165) is 5.69 Å². The third-order valence-corrected chi connectivity index (χ3v) is 3.60. The van der Waals surface area contributed by atoms with Crippen LogP contribution in [0.2, 0.25) is 0 Å². The fourth-order valence-electron chi connectivity index (χ4n) is 1.18. The molecule has 0 radical (unpaired) electrons. The molecule has 1 rings (SSSR count). The van der Waals surface area contributed by atoms with Crippen LogP contribution in [-0.2, 0) is 0 Å². The highest BCUT2D eigenvalue weighted by molar-refractivity contribution is 14.1. The topological polar surface area (TPSA) is 26.0 Å². The Bertz CT molecular complexity index is 266. The maximum absolute atomic E-state index is 5.85. The van der Waals surface area contributed by atoms with Gasteiger partial charge in [-0.3, -0.25) is 0 Å². The van der Waals surface area contributed by atoms with Gasteiger partial charge in [0, 0.05) is 9.26 Å². The first-order valence-electron chi connectivity index (χ1n) is 3.56. The second-order valence-corrected chi connectivity index (χ2v) is 3.94. The molecule has 0 atom stereocenters. The van der Waals surface area contributed by atoms with Gasteiger partial charge < -0.3 is 5.73 Å². The number of hydrogen-bond donors (Lipinski definition) is 1. The monoisotopic (exact) mass is 261 g/mol. The van der Waals surface area contributed by atoms with Crippen LogP contribution < -0.4 is 5.73 Å². The molecule has 1 aromatic rings. The normalized spacial score (nSPS) is 10.2. The maximum Gasteiger partial charge on any atom is 0.0384 e. The van der Waals surface area contributed by atoms with E-state index in [0.29, 0.717) is 0 Å². The summed E-state index contributed by atoms with van der Waals surface area (Å²) in [4.78, 5) is 0. The lowest BCUT2D eigenvalue weighted by Crippen LogP contribution is -1.97. The molecule has 0 saturated carbocycles. The Morgan fingerprint density at radius 2 is 1.73 bits per heavy atom. The highest BCUT2D eigenvalue weighted by Crippen LogP contribution is 2.24. The fourth-order valence-corrected chi connectivity index (χ4v) is 1.62. The molecule has 1 nitrogen and oxygen atoms in total. The van der Waals surface area contributed by atoms with E-state index >= 15 is 0 Å². The Kier molecular flexibility index (Phi) is 2.42. The largest absolute Gasteiger partial charge is 0.398 e. The van der Waals surface area contributed by atoms with Crippen molar-refractivity contribution in [2.75, 3.05) is 5.73 Å². The van der Waals surface area contributed by atoms with Gasteiger partial charge in [0.15, 0.2) is 0 Å². The van der Waals surface area contributed by atoms with Crippen molar-refractivity contribution in [1.29, 1.82) is 0 Å². The lowest BCUT2D eigenvalue weighted by Gasteiger charge is -2.09. The van der Waals surface area contributed by atoms with Crippen LogP contribution in [-0.4, -0.2) is 0 Å². The van der Waals surface area contributed by atoms with Gasteiger partial charge in [0.25, 0.3) is 0 Å². The number of nitrogens with two attached hydrogens (primary N) is 1. The fraction of sp³-hybridized carbons (Fsp3) is 0.333. The smallest absolute Gasteiger partial charge is 0.0384 e. The van der Waals surface area contributed by atoms with Crippen LogP contribution in [0.25, 0.3) is 0 Å². The Labute approximate surface area is 81.1 Å². The molecule has 0 unspecified atom stereocenters. The highest BCUT2D eigenvalue weighted by atomic mass is 127. The van der Waals surface area contributed by atoms with Crippen molar-refractivity contribution in [2.45, 2.75) is 20.8 Å². The number of hydrogen-bond acceptors (Lipinski definition) is 1. The Balaban J connectivity index is 3.46. The Morgan fingerprint density at radius 1 is 1.18 bits per heavy atom. The molecule has 0 fully saturated rings. The molecular formula is C9H12IN. The minimum absolute atomic E-state index is 0.931. The molecule has 0 aromatic heterocycles. The van der Waals surface area contributed by atoms with E-state index in [9.17, 15) is 0 Å². The average molecular weight is 261 g/mol. The van der Waals surface area contributed by atoms with Gasteiger partial charge >= 0.3 is 0 Å². The summed E-state index contributed by atoms with van der Waals surface area (Å²) < 4.78 is 1.28. The lowest BCUT2D eigenvalue weighted by atomic mass is 10.1. The number of benzene rings is 1. The molecule has 0 heterocycles. The Morgan fingerprint density at radius 3 is 2.27 bits per heavy atom. The Hall–Kier alpha value is -0.250. The highest BCUT2D eigenvalue weighted by Gasteiger charge is 2.04. The summed E-state index contributed by atoms with van der Waals surface area (Å²) >= 11 is 2.33. The lowest BCUT2D eigenvalue weighted by molar-refractivity contribution is 1.29. The molecule has 0 spiro atoms. The molecule has 1 aromatic carbocycles. The first kappa shape index (κ1) is 8.84. The van der Waals surface area contributed by atoms with Crippen molar-refractivity contribution in [3.8, 4) is 0 Å². The predicted octanol–water partition coefficient (Wildman–Crippen LogP) is 2.80. The summed E-state index contributed by atoms with van der Waals surface area (Å²) in [6.07, 6.45) is 0. The molecule has 0 bridgehead atoms. The van der Waals surface area contributed by atoms with Crippen LogP contribution in [0.1, 0.15) is 16.7 Å². The van der Waals surface area contributed by atoms with Gasteiger partial charge in [-0.05, 0) is 60.1 Å². The standard InChI is InChI=1S/C9H12IN/c1-5-4-6(2)9(11)7(3)8(5)10/h4H,11H2,1-3H3. The van der Waals surface area contributed by atoms with Gasteiger partial charge in [0.2, 0.25) is 0 Å². The minimum atomic E-state index is 0.931. The summed E-state index contributed by atoms with van der Waals surface area (Å²) in [5.74, 6) is 0. The summed E-state index contributed by atoms with van der Waals surface area (Å²) in [5, 5.41) is 0. The summed E-state index contributed by atoms with van der Waals surface area (Å²) in [7, 11) is 0. The van der Waals surface area contributed by atoms with Crippen molar-refractivity contribution in [3.63, 3.8) is 0 Å². The number of rotatable bonds is 0. The van der Waals surface area contributed by atoms with Gasteiger partial charge in [-0.2, -0.15) is 0 Å². The van der Waals surface area contributed by atoms with E-state index in [1.54, 1.807) is 0 Å². The number of anilines is 1. The van der Waals surface area contributed by atoms with E-state index in [1.807, 2.05) is 6.92 Å². The molecule has 0 saturated heterocycles. The molecule has 0 aliphatic carbocycles. The molecule has 0 aliphatic rings. The molecule has 2 N–H and O–H groups in total. The zero-order chi connectivity index (χ0) is 8.59. The van der Waals surface area contributed by atoms with Crippen molar-refractivity contribution in [1.82, 2.24) is 0 Å². The van der Waals surface area contributed by atoms with Crippen LogP contribution >= 0.6 is 22.6 Å². The van der Waals surface area contributed by atoms with Gasteiger partial charge in [0.05, 0.1) is 0 Å². The van der Waals surface area contributed by atoms with E-state index in [-0.39, 0.29) is 0 Å². The van der Waals surface area contributed by atoms with Crippen LogP contribution in [0.3, 0.4) is 0 Å². The van der Waals surface area contributed by atoms with Gasteiger partial charge in [0.1, 0.15) is 0 Å². The predicted molar refractivity (Wildman–Crippen MR) is 57.8 cm³/mol. The zero-order valence-electron chi connectivity index (χ0n) is 7.03. The number of halogens is 1. The summed E-state index contributed by atoms with van der Waals surface area (Å²) in [5.41, 5.74) is 10.5. The summed E-state index contributed by atoms with van der Waals surface area (Å²) in [6, 6.07) is 2.13. The maximum atomic E-state index is 5.85. The first-order chi connectivity index (χ1) is 5.04. The van der Waals surface area contributed by atoms with Crippen LogP contribution in [0.15, 0.2) is 6.07 Å². The van der Waals surface area contributed by atoms with Gasteiger partial charge in [-0.15, -0.1) is 0 Å². The molecule has 0 aliphatic heterocycles. The molecule has 0 amide bonds. The van der Waals surface area contributed by atoms with Crippen LogP contribution in [0.5, 0.6) is 0 Å². The second-order valence-electron chi connectivity index (χ2n) is 2.86. The average Bonchev–Trinajstić information content (AvgIpc) is 1.97. The van der Waals surface area contributed by atoms with E-state index in [1.165, 1.54) is 20.3 Å². The molecular weight excluding hydrogens is 249 g/mol. The number of nitrogen functional groups attached to an aromatic ring is 1. The first-order valence-corrected chi connectivity index (χ1v) is 4.63. The van der Waals surface area contributed by atoms with Gasteiger partial charge in [-0.1, -0.05) is 6.07 Å². The van der Waals surface area contributed by atoms with Crippen molar-refractivity contribution in [2.24, 2.45) is 0 Å². The van der Waals surface area contributed by atoms with Gasteiger partial charge in [-0.25, -0.2) is 0 Å². The van der Waals surface area contributed by atoms with Crippen LogP contribution in [0, 0.1) is 24.3 Å². The van der Waals surface area contributed by atoms with E-state index < -0.39 is 0 Å². The number of aryl methyl sites for hydroxylation is 2. The third-order valence-electron chi connectivity index (χ3n) is 1.94. The second kappa shape index (κ2) is 3.01.